The second-order valence-electron chi connectivity index (χ2n) is 3.82. The van der Waals surface area contributed by atoms with E-state index in [1.807, 2.05) is 16.8 Å². The fourth-order valence-electron chi connectivity index (χ4n) is 1.69. The summed E-state index contributed by atoms with van der Waals surface area (Å²) in [5.74, 6) is -1.28. The van der Waals surface area contributed by atoms with Crippen molar-refractivity contribution < 1.29 is 8.78 Å². The monoisotopic (exact) mass is 254 g/mol. The molecule has 1 heterocycles. The Morgan fingerprint density at radius 2 is 1.94 bits per heavy atom. The molecule has 0 fully saturated rings. The van der Waals surface area contributed by atoms with Gasteiger partial charge in [-0.2, -0.15) is 11.3 Å². The first-order valence-corrected chi connectivity index (χ1v) is 5.99. The Bertz CT molecular complexity index is 488. The highest BCUT2D eigenvalue weighted by atomic mass is 32.1. The molecule has 0 aliphatic heterocycles. The van der Waals surface area contributed by atoms with Crippen LogP contribution in [0.2, 0.25) is 0 Å². The minimum absolute atomic E-state index is 0.0506. The average molecular weight is 254 g/mol. The van der Waals surface area contributed by atoms with Gasteiger partial charge >= 0.3 is 0 Å². The number of anilines is 2. The van der Waals surface area contributed by atoms with Crippen molar-refractivity contribution in [1.29, 1.82) is 0 Å². The predicted molar refractivity (Wildman–Crippen MR) is 67.2 cm³/mol. The van der Waals surface area contributed by atoms with Gasteiger partial charge in [0, 0.05) is 19.3 Å². The molecular weight excluding hydrogens is 242 g/mol. The van der Waals surface area contributed by atoms with Crippen molar-refractivity contribution in [2.24, 2.45) is 0 Å². The lowest BCUT2D eigenvalue weighted by atomic mass is 10.2. The number of hydrogen-bond acceptors (Lipinski definition) is 3. The third-order valence-electron chi connectivity index (χ3n) is 2.42. The average Bonchev–Trinajstić information content (AvgIpc) is 2.68. The number of rotatable bonds is 3. The van der Waals surface area contributed by atoms with Gasteiger partial charge in [-0.15, -0.1) is 0 Å². The molecule has 2 N–H and O–H groups in total. The molecule has 1 aromatic carbocycles. The summed E-state index contributed by atoms with van der Waals surface area (Å²) >= 11 is 1.55. The van der Waals surface area contributed by atoms with Gasteiger partial charge in [0.25, 0.3) is 0 Å². The fourth-order valence-corrected chi connectivity index (χ4v) is 2.35. The first-order valence-electron chi connectivity index (χ1n) is 5.04. The predicted octanol–water partition coefficient (Wildman–Crippen LogP) is 3.24. The van der Waals surface area contributed by atoms with E-state index >= 15 is 0 Å². The van der Waals surface area contributed by atoms with Crippen molar-refractivity contribution >= 4 is 22.7 Å². The number of halogens is 2. The van der Waals surface area contributed by atoms with Gasteiger partial charge in [-0.25, -0.2) is 8.78 Å². The summed E-state index contributed by atoms with van der Waals surface area (Å²) in [5, 5.41) is 3.88. The van der Waals surface area contributed by atoms with E-state index < -0.39 is 11.6 Å². The summed E-state index contributed by atoms with van der Waals surface area (Å²) in [4.78, 5) is 1.53. The van der Waals surface area contributed by atoms with E-state index in [1.165, 1.54) is 4.90 Å². The van der Waals surface area contributed by atoms with Crippen LogP contribution in [0.3, 0.4) is 0 Å². The molecule has 0 amide bonds. The van der Waals surface area contributed by atoms with E-state index in [1.54, 1.807) is 18.4 Å². The van der Waals surface area contributed by atoms with Crippen LogP contribution in [-0.4, -0.2) is 7.05 Å². The molecule has 2 aromatic rings. The van der Waals surface area contributed by atoms with Gasteiger partial charge in [-0.1, -0.05) is 0 Å². The molecule has 0 saturated carbocycles. The number of hydrogen-bond donors (Lipinski definition) is 1. The number of nitrogens with zero attached hydrogens (tertiary/aromatic N) is 1. The number of nitrogens with two attached hydrogens (primary N) is 1. The van der Waals surface area contributed by atoms with Crippen LogP contribution in [0.25, 0.3) is 0 Å². The third-order valence-corrected chi connectivity index (χ3v) is 3.15. The molecule has 5 heteroatoms. The Balaban J connectivity index is 2.27. The van der Waals surface area contributed by atoms with Crippen molar-refractivity contribution in [2.45, 2.75) is 6.54 Å². The van der Waals surface area contributed by atoms with E-state index in [2.05, 4.69) is 0 Å². The van der Waals surface area contributed by atoms with E-state index in [-0.39, 0.29) is 11.4 Å². The zero-order chi connectivity index (χ0) is 12.4. The molecule has 0 aliphatic carbocycles. The highest BCUT2D eigenvalue weighted by Gasteiger charge is 2.14. The van der Waals surface area contributed by atoms with Crippen LogP contribution in [0.1, 0.15) is 5.56 Å². The minimum atomic E-state index is -0.639. The van der Waals surface area contributed by atoms with Crippen LogP contribution in [0.4, 0.5) is 20.2 Å². The standard InChI is InChI=1S/C12H12F2N2S/c1-16(6-8-2-3-17-7-8)12-10(13)4-9(15)5-11(12)14/h2-5,7H,6,15H2,1H3. The zero-order valence-electron chi connectivity index (χ0n) is 9.28. The van der Waals surface area contributed by atoms with E-state index in [0.717, 1.165) is 17.7 Å². The van der Waals surface area contributed by atoms with Gasteiger partial charge in [0.1, 0.15) is 5.69 Å². The fraction of sp³-hybridized carbons (Fsp3) is 0.167. The first kappa shape index (κ1) is 11.9. The summed E-state index contributed by atoms with van der Waals surface area (Å²) in [5.41, 5.74) is 6.43. The third kappa shape index (κ3) is 2.55. The zero-order valence-corrected chi connectivity index (χ0v) is 10.1. The molecule has 0 unspecified atom stereocenters. The molecule has 0 atom stereocenters. The molecule has 0 bridgehead atoms. The highest BCUT2D eigenvalue weighted by molar-refractivity contribution is 7.07. The second-order valence-corrected chi connectivity index (χ2v) is 4.60. The van der Waals surface area contributed by atoms with Gasteiger partial charge in [-0.05, 0) is 34.5 Å². The number of benzene rings is 1. The molecule has 0 spiro atoms. The Morgan fingerprint density at radius 1 is 1.29 bits per heavy atom. The van der Waals surface area contributed by atoms with Crippen LogP contribution in [-0.2, 0) is 6.54 Å². The molecule has 0 aliphatic rings. The quantitative estimate of drug-likeness (QED) is 0.852. The van der Waals surface area contributed by atoms with Crippen molar-refractivity contribution in [2.75, 3.05) is 17.7 Å². The van der Waals surface area contributed by atoms with Crippen LogP contribution >= 0.6 is 11.3 Å². The summed E-state index contributed by atoms with van der Waals surface area (Å²) in [6.07, 6.45) is 0. The highest BCUT2D eigenvalue weighted by Crippen LogP contribution is 2.26. The van der Waals surface area contributed by atoms with Gasteiger partial charge in [0.15, 0.2) is 11.6 Å². The van der Waals surface area contributed by atoms with Crippen LogP contribution in [0, 0.1) is 11.6 Å². The van der Waals surface area contributed by atoms with Crippen molar-refractivity contribution in [1.82, 2.24) is 0 Å². The Morgan fingerprint density at radius 3 is 2.47 bits per heavy atom. The Labute approximate surface area is 102 Å². The lowest BCUT2D eigenvalue weighted by Gasteiger charge is -2.20. The van der Waals surface area contributed by atoms with Crippen LogP contribution < -0.4 is 10.6 Å². The van der Waals surface area contributed by atoms with Gasteiger partial charge in [0.05, 0.1) is 0 Å². The van der Waals surface area contributed by atoms with Crippen molar-refractivity contribution in [3.8, 4) is 0 Å². The topological polar surface area (TPSA) is 29.3 Å². The minimum Gasteiger partial charge on any atom is -0.399 e. The second kappa shape index (κ2) is 4.71. The van der Waals surface area contributed by atoms with Crippen molar-refractivity contribution in [3.05, 3.63) is 46.2 Å². The lowest BCUT2D eigenvalue weighted by molar-refractivity contribution is 0.578. The summed E-state index contributed by atoms with van der Waals surface area (Å²) in [7, 11) is 1.65. The van der Waals surface area contributed by atoms with E-state index in [4.69, 9.17) is 5.73 Å². The number of thiophene rings is 1. The maximum absolute atomic E-state index is 13.6. The van der Waals surface area contributed by atoms with Gasteiger partial charge in [-0.3, -0.25) is 0 Å². The maximum atomic E-state index is 13.6. The Hall–Kier alpha value is -1.62. The lowest BCUT2D eigenvalue weighted by Crippen LogP contribution is -2.19. The van der Waals surface area contributed by atoms with Gasteiger partial charge in [0.2, 0.25) is 0 Å². The largest absolute Gasteiger partial charge is 0.399 e. The number of nitrogen functional groups attached to an aromatic ring is 1. The SMILES string of the molecule is CN(Cc1ccsc1)c1c(F)cc(N)cc1F. The molecular formula is C12H12F2N2S. The molecule has 90 valence electrons. The maximum Gasteiger partial charge on any atom is 0.151 e. The molecule has 2 rings (SSSR count). The molecule has 17 heavy (non-hydrogen) atoms. The summed E-state index contributed by atoms with van der Waals surface area (Å²) < 4.78 is 27.3. The van der Waals surface area contributed by atoms with Crippen LogP contribution in [0.15, 0.2) is 29.0 Å². The molecule has 0 saturated heterocycles. The summed E-state index contributed by atoms with van der Waals surface area (Å²) in [6.45, 7) is 0.460. The molecule has 1 aromatic heterocycles. The van der Waals surface area contributed by atoms with Gasteiger partial charge < -0.3 is 10.6 Å². The van der Waals surface area contributed by atoms with Crippen LogP contribution in [0.5, 0.6) is 0 Å². The Kier molecular flexibility index (Phi) is 3.28. The van der Waals surface area contributed by atoms with Crippen molar-refractivity contribution in [3.63, 3.8) is 0 Å². The van der Waals surface area contributed by atoms with E-state index in [9.17, 15) is 8.78 Å². The normalized spacial score (nSPS) is 10.5. The smallest absolute Gasteiger partial charge is 0.151 e. The van der Waals surface area contributed by atoms with E-state index in [0.29, 0.717) is 6.54 Å². The summed E-state index contributed by atoms with van der Waals surface area (Å²) in [6, 6.07) is 4.18. The molecule has 2 nitrogen and oxygen atoms in total. The molecule has 0 radical (unpaired) electrons. The first-order chi connectivity index (χ1) is 8.08.